The first-order valence-electron chi connectivity index (χ1n) is 9.91. The van der Waals surface area contributed by atoms with Crippen LogP contribution in [-0.2, 0) is 23.2 Å². The maximum absolute atomic E-state index is 11.7. The van der Waals surface area contributed by atoms with Crippen molar-refractivity contribution in [2.75, 3.05) is 13.1 Å². The Labute approximate surface area is 154 Å². The Hall–Kier alpha value is -2.13. The Morgan fingerprint density at radius 2 is 1.65 bits per heavy atom. The summed E-state index contributed by atoms with van der Waals surface area (Å²) in [5.74, 6) is -0.809. The second-order valence-electron chi connectivity index (χ2n) is 8.23. The number of nitrogens with zero attached hydrogens (tertiary/aromatic N) is 1. The molecule has 2 saturated heterocycles. The lowest BCUT2D eigenvalue weighted by Crippen LogP contribution is -2.41. The number of aliphatic carboxylic acids is 1. The van der Waals surface area contributed by atoms with E-state index in [2.05, 4.69) is 55.5 Å². The van der Waals surface area contributed by atoms with Crippen molar-refractivity contribution in [3.05, 3.63) is 70.8 Å². The van der Waals surface area contributed by atoms with Crippen molar-refractivity contribution in [1.82, 2.24) is 0 Å². The zero-order chi connectivity index (χ0) is 17.9. The van der Waals surface area contributed by atoms with Crippen molar-refractivity contribution in [2.45, 2.75) is 44.2 Å². The van der Waals surface area contributed by atoms with E-state index < -0.39 is 5.97 Å². The quantitative estimate of drug-likeness (QED) is 0.663. The second-order valence-corrected chi connectivity index (χ2v) is 8.23. The summed E-state index contributed by atoms with van der Waals surface area (Å²) in [7, 11) is 0. The molecular formula is C23H26NO2+. The summed E-state index contributed by atoms with van der Waals surface area (Å²) >= 11 is 0. The third kappa shape index (κ3) is 1.79. The molecule has 134 valence electrons. The second kappa shape index (κ2) is 5.43. The normalized spacial score (nSPS) is 30.7. The van der Waals surface area contributed by atoms with E-state index in [0.29, 0.717) is 6.04 Å². The summed E-state index contributed by atoms with van der Waals surface area (Å²) in [6.07, 6.45) is 3.75. The smallest absolute Gasteiger partial charge is 0.306 e. The van der Waals surface area contributed by atoms with Crippen LogP contribution in [0.2, 0.25) is 0 Å². The Morgan fingerprint density at radius 3 is 2.19 bits per heavy atom. The average molecular weight is 348 g/mol. The monoisotopic (exact) mass is 348 g/mol. The molecule has 3 unspecified atom stereocenters. The third-order valence-electron chi connectivity index (χ3n) is 7.53. The molecule has 2 fully saturated rings. The van der Waals surface area contributed by atoms with Gasteiger partial charge in [-0.05, 0) is 30.9 Å². The first kappa shape index (κ1) is 16.1. The fourth-order valence-corrected chi connectivity index (χ4v) is 6.41. The van der Waals surface area contributed by atoms with Crippen molar-refractivity contribution in [1.29, 1.82) is 0 Å². The summed E-state index contributed by atoms with van der Waals surface area (Å²) < 4.78 is 1.05. The van der Waals surface area contributed by atoms with Crippen molar-refractivity contribution >= 4 is 5.97 Å². The van der Waals surface area contributed by atoms with Gasteiger partial charge >= 0.3 is 5.97 Å². The molecule has 1 spiro atoms. The Balaban J connectivity index is 1.77. The van der Waals surface area contributed by atoms with Gasteiger partial charge in [-0.1, -0.05) is 48.5 Å². The number of benzene rings is 2. The van der Waals surface area contributed by atoms with Crippen LogP contribution in [0.1, 0.15) is 42.0 Å². The molecule has 0 amide bonds. The molecule has 2 aromatic rings. The number of carboxylic acids is 1. The highest BCUT2D eigenvalue weighted by Gasteiger charge is 2.81. The number of piperidine rings is 1. The molecule has 2 aliphatic heterocycles. The molecule has 0 saturated carbocycles. The predicted molar refractivity (Wildman–Crippen MR) is 101 cm³/mol. The van der Waals surface area contributed by atoms with Crippen LogP contribution in [0, 0.1) is 5.92 Å². The molecule has 1 aliphatic carbocycles. The van der Waals surface area contributed by atoms with E-state index in [9.17, 15) is 9.90 Å². The SMILES string of the molecule is CC[N+]12CCC(C(=O)O)CC1C21c2ccccc2CCc2ccccc21. The molecule has 0 aromatic heterocycles. The minimum absolute atomic E-state index is 0.0391. The van der Waals surface area contributed by atoms with Crippen molar-refractivity contribution in [3.63, 3.8) is 0 Å². The number of hydrogen-bond acceptors (Lipinski definition) is 1. The highest BCUT2D eigenvalue weighted by atomic mass is 16.4. The fourth-order valence-electron chi connectivity index (χ4n) is 6.41. The highest BCUT2D eigenvalue weighted by molar-refractivity contribution is 5.70. The van der Waals surface area contributed by atoms with E-state index in [1.165, 1.54) is 22.3 Å². The summed E-state index contributed by atoms with van der Waals surface area (Å²) in [5.41, 5.74) is 5.79. The molecule has 3 aliphatic rings. The lowest BCUT2D eigenvalue weighted by molar-refractivity contribution is -0.845. The van der Waals surface area contributed by atoms with Crippen molar-refractivity contribution in [2.24, 2.45) is 5.92 Å². The van der Waals surface area contributed by atoms with Crippen molar-refractivity contribution in [3.8, 4) is 0 Å². The van der Waals surface area contributed by atoms with Crippen LogP contribution >= 0.6 is 0 Å². The first-order valence-corrected chi connectivity index (χ1v) is 9.91. The Bertz CT molecular complexity index is 842. The zero-order valence-electron chi connectivity index (χ0n) is 15.3. The van der Waals surface area contributed by atoms with E-state index in [1.807, 2.05) is 0 Å². The van der Waals surface area contributed by atoms with E-state index in [1.54, 1.807) is 0 Å². The molecule has 3 atom stereocenters. The lowest BCUT2D eigenvalue weighted by Gasteiger charge is -2.30. The molecule has 2 aromatic carbocycles. The zero-order valence-corrected chi connectivity index (χ0v) is 15.3. The minimum Gasteiger partial charge on any atom is -0.481 e. The van der Waals surface area contributed by atoms with Gasteiger partial charge in [-0.25, -0.2) is 0 Å². The number of hydrogen-bond donors (Lipinski definition) is 1. The van der Waals surface area contributed by atoms with Crippen LogP contribution in [-0.4, -0.2) is 34.7 Å². The van der Waals surface area contributed by atoms with Gasteiger partial charge in [0.1, 0.15) is 0 Å². The van der Waals surface area contributed by atoms with Crippen LogP contribution in [0.15, 0.2) is 48.5 Å². The van der Waals surface area contributed by atoms with Gasteiger partial charge in [0, 0.05) is 24.0 Å². The van der Waals surface area contributed by atoms with E-state index in [4.69, 9.17) is 0 Å². The average Bonchev–Trinajstić information content (AvgIpc) is 3.33. The van der Waals surface area contributed by atoms with E-state index in [0.717, 1.165) is 43.3 Å². The van der Waals surface area contributed by atoms with Gasteiger partial charge in [0.05, 0.1) is 19.0 Å². The molecule has 3 heteroatoms. The maximum Gasteiger partial charge on any atom is 0.306 e. The summed E-state index contributed by atoms with van der Waals surface area (Å²) in [4.78, 5) is 11.7. The van der Waals surface area contributed by atoms with Gasteiger partial charge in [-0.3, -0.25) is 9.28 Å². The first-order chi connectivity index (χ1) is 12.6. The Kier molecular flexibility index (Phi) is 3.36. The topological polar surface area (TPSA) is 37.3 Å². The number of likely N-dealkylation sites (N-methyl/N-ethyl adjacent to an activating group) is 1. The number of fused-ring (bicyclic) bond motifs is 7. The molecule has 2 heterocycles. The molecule has 1 N–H and O–H groups in total. The van der Waals surface area contributed by atoms with Gasteiger partial charge < -0.3 is 5.11 Å². The van der Waals surface area contributed by atoms with Crippen LogP contribution in [0.3, 0.4) is 0 Å². The van der Waals surface area contributed by atoms with E-state index >= 15 is 0 Å². The number of aryl methyl sites for hydroxylation is 2. The fraction of sp³-hybridized carbons (Fsp3) is 0.435. The standard InChI is InChI=1S/C23H25NO2/c1-2-24-14-13-18(22(25)26)15-21(24)23(24)19-9-5-3-7-16(19)11-12-17-8-4-6-10-20(17)23/h3-10,18,21H,2,11-15H2,1H3/p+1. The Morgan fingerprint density at radius 1 is 1.08 bits per heavy atom. The van der Waals surface area contributed by atoms with E-state index in [-0.39, 0.29) is 11.5 Å². The predicted octanol–water partition coefficient (Wildman–Crippen LogP) is 3.74. The lowest BCUT2D eigenvalue weighted by atomic mass is 9.82. The minimum atomic E-state index is -0.615. The number of carboxylic acid groups (broad SMARTS) is 1. The van der Waals surface area contributed by atoms with Crippen LogP contribution in [0.25, 0.3) is 0 Å². The molecule has 0 bridgehead atoms. The van der Waals surface area contributed by atoms with Gasteiger partial charge in [-0.15, -0.1) is 0 Å². The molecule has 26 heavy (non-hydrogen) atoms. The number of quaternary nitrogens is 1. The van der Waals surface area contributed by atoms with Gasteiger partial charge in [0.25, 0.3) is 0 Å². The van der Waals surface area contributed by atoms with Gasteiger partial charge in [0.2, 0.25) is 5.54 Å². The van der Waals surface area contributed by atoms with Gasteiger partial charge in [0.15, 0.2) is 6.04 Å². The number of rotatable bonds is 2. The summed E-state index contributed by atoms with van der Waals surface area (Å²) in [5, 5.41) is 9.66. The summed E-state index contributed by atoms with van der Waals surface area (Å²) in [6, 6.07) is 18.2. The third-order valence-corrected chi connectivity index (χ3v) is 7.53. The molecule has 5 rings (SSSR count). The number of carbonyl (C=O) groups is 1. The highest BCUT2D eigenvalue weighted by Crippen LogP contribution is 2.67. The van der Waals surface area contributed by atoms with Crippen LogP contribution < -0.4 is 0 Å². The summed E-state index contributed by atoms with van der Waals surface area (Å²) in [6.45, 7) is 4.33. The van der Waals surface area contributed by atoms with Crippen molar-refractivity contribution < 1.29 is 14.4 Å². The van der Waals surface area contributed by atoms with Gasteiger partial charge in [-0.2, -0.15) is 0 Å². The molecule has 3 nitrogen and oxygen atoms in total. The van der Waals surface area contributed by atoms with Crippen LogP contribution in [0.5, 0.6) is 0 Å². The molecular weight excluding hydrogens is 322 g/mol. The molecule has 0 radical (unpaired) electrons. The largest absolute Gasteiger partial charge is 0.481 e. The van der Waals surface area contributed by atoms with Crippen LogP contribution in [0.4, 0.5) is 0 Å². The maximum atomic E-state index is 11.7.